The molecule has 0 aliphatic rings. The molecule has 7 heteroatoms. The van der Waals surface area contributed by atoms with E-state index in [0.717, 1.165) is 22.1 Å². The van der Waals surface area contributed by atoms with E-state index in [2.05, 4.69) is 5.10 Å². The number of fused-ring (bicyclic) bond motifs is 1. The molecular formula is C21H26N4O3. The van der Waals surface area contributed by atoms with Crippen LogP contribution in [0.1, 0.15) is 37.6 Å². The third-order valence-electron chi connectivity index (χ3n) is 4.86. The van der Waals surface area contributed by atoms with Crippen LogP contribution in [0.15, 0.2) is 36.4 Å². The molecule has 0 aliphatic carbocycles. The average molecular weight is 382 g/mol. The maximum absolute atomic E-state index is 12.1. The van der Waals surface area contributed by atoms with Crippen molar-refractivity contribution in [3.8, 4) is 17.0 Å². The van der Waals surface area contributed by atoms with E-state index >= 15 is 0 Å². The Labute approximate surface area is 163 Å². The fourth-order valence-corrected chi connectivity index (χ4v) is 3.34. The molecule has 0 saturated carbocycles. The molecule has 1 heterocycles. The number of aliphatic hydroxyl groups excluding tert-OH is 1. The highest BCUT2D eigenvalue weighted by atomic mass is 16.5. The molecule has 0 atom stereocenters. The van der Waals surface area contributed by atoms with Gasteiger partial charge in [-0.05, 0) is 56.2 Å². The monoisotopic (exact) mass is 382 g/mol. The highest BCUT2D eigenvalue weighted by molar-refractivity contribution is 6.04. The smallest absolute Gasteiger partial charge is 0.254 e. The second kappa shape index (κ2) is 7.52. The second-order valence-corrected chi connectivity index (χ2v) is 7.33. The van der Waals surface area contributed by atoms with Crippen molar-refractivity contribution >= 4 is 22.5 Å². The van der Waals surface area contributed by atoms with E-state index in [-0.39, 0.29) is 18.0 Å². The summed E-state index contributed by atoms with van der Waals surface area (Å²) in [5.74, 6) is 0.373. The Morgan fingerprint density at radius 3 is 2.54 bits per heavy atom. The lowest BCUT2D eigenvalue weighted by atomic mass is 10.0. The van der Waals surface area contributed by atoms with Gasteiger partial charge in [-0.25, -0.2) is 4.68 Å². The van der Waals surface area contributed by atoms with Crippen molar-refractivity contribution in [2.75, 3.05) is 18.9 Å². The van der Waals surface area contributed by atoms with Gasteiger partial charge in [-0.3, -0.25) is 4.79 Å². The van der Waals surface area contributed by atoms with Crippen LogP contribution in [0.5, 0.6) is 5.75 Å². The van der Waals surface area contributed by atoms with Crippen molar-refractivity contribution in [2.45, 2.75) is 32.7 Å². The molecule has 5 N–H and O–H groups in total. The Kier molecular flexibility index (Phi) is 5.29. The number of carbonyl (C=O) groups is 1. The summed E-state index contributed by atoms with van der Waals surface area (Å²) in [6, 6.07) is 11.6. The summed E-state index contributed by atoms with van der Waals surface area (Å²) in [7, 11) is 0. The SMILES string of the molecule is CCOc1ccc2cc(-c3nn(C(C)(C)CCO)c(N)c3C(N)=O)ccc2c1. The Bertz CT molecular complexity index is 1020. The standard InChI is InChI=1S/C21H26N4O3/c1-4-28-16-8-7-13-11-15(6-5-14(13)12-16)18-17(20(23)27)19(22)25(24-18)21(2,3)9-10-26/h5-8,11-12,26H,4,9-10,22H2,1-3H3,(H2,23,27). The fourth-order valence-electron chi connectivity index (χ4n) is 3.34. The number of amides is 1. The minimum atomic E-state index is -0.634. The molecule has 0 bridgehead atoms. The van der Waals surface area contributed by atoms with E-state index in [9.17, 15) is 9.90 Å². The normalized spacial score (nSPS) is 11.7. The topological polar surface area (TPSA) is 116 Å². The van der Waals surface area contributed by atoms with Gasteiger partial charge in [0.15, 0.2) is 0 Å². The van der Waals surface area contributed by atoms with Gasteiger partial charge >= 0.3 is 0 Å². The molecule has 0 unspecified atom stereocenters. The van der Waals surface area contributed by atoms with Gasteiger partial charge in [-0.1, -0.05) is 18.2 Å². The Hall–Kier alpha value is -3.06. The first-order valence-electron chi connectivity index (χ1n) is 9.25. The molecule has 0 saturated heterocycles. The fraction of sp³-hybridized carbons (Fsp3) is 0.333. The van der Waals surface area contributed by atoms with Crippen molar-refractivity contribution < 1.29 is 14.6 Å². The molecule has 0 fully saturated rings. The molecular weight excluding hydrogens is 356 g/mol. The summed E-state index contributed by atoms with van der Waals surface area (Å²) in [5, 5.41) is 16.0. The molecule has 3 aromatic rings. The summed E-state index contributed by atoms with van der Waals surface area (Å²) >= 11 is 0. The quantitative estimate of drug-likeness (QED) is 0.581. The second-order valence-electron chi connectivity index (χ2n) is 7.33. The van der Waals surface area contributed by atoms with Crippen LogP contribution in [0.4, 0.5) is 5.82 Å². The zero-order chi connectivity index (χ0) is 20.5. The van der Waals surface area contributed by atoms with Gasteiger partial charge in [-0.15, -0.1) is 0 Å². The number of rotatable bonds is 7. The van der Waals surface area contributed by atoms with E-state index in [1.54, 1.807) is 4.68 Å². The number of anilines is 1. The van der Waals surface area contributed by atoms with Crippen molar-refractivity contribution in [1.82, 2.24) is 9.78 Å². The molecule has 0 radical (unpaired) electrons. The van der Waals surface area contributed by atoms with Crippen molar-refractivity contribution in [2.24, 2.45) is 5.73 Å². The third-order valence-corrected chi connectivity index (χ3v) is 4.86. The van der Waals surface area contributed by atoms with Gasteiger partial charge in [0.1, 0.15) is 22.8 Å². The summed E-state index contributed by atoms with van der Waals surface area (Å²) in [6.45, 7) is 6.32. The van der Waals surface area contributed by atoms with Gasteiger partial charge in [0.2, 0.25) is 0 Å². The van der Waals surface area contributed by atoms with Gasteiger partial charge < -0.3 is 21.3 Å². The lowest BCUT2D eigenvalue weighted by Crippen LogP contribution is -2.30. The number of hydrogen-bond acceptors (Lipinski definition) is 5. The zero-order valence-electron chi connectivity index (χ0n) is 16.4. The van der Waals surface area contributed by atoms with Crippen LogP contribution in [0.2, 0.25) is 0 Å². The Balaban J connectivity index is 2.14. The molecule has 7 nitrogen and oxygen atoms in total. The number of nitrogens with two attached hydrogens (primary N) is 2. The summed E-state index contributed by atoms with van der Waals surface area (Å²) < 4.78 is 7.12. The number of hydrogen-bond donors (Lipinski definition) is 3. The third kappa shape index (κ3) is 3.53. The van der Waals surface area contributed by atoms with E-state index in [4.69, 9.17) is 16.2 Å². The minimum Gasteiger partial charge on any atom is -0.494 e. The summed E-state index contributed by atoms with van der Waals surface area (Å²) in [4.78, 5) is 12.1. The molecule has 28 heavy (non-hydrogen) atoms. The lowest BCUT2D eigenvalue weighted by molar-refractivity contribution is 0.100. The van der Waals surface area contributed by atoms with Gasteiger partial charge in [0, 0.05) is 12.2 Å². The summed E-state index contributed by atoms with van der Waals surface area (Å²) in [6.07, 6.45) is 0.439. The Morgan fingerprint density at radius 1 is 1.21 bits per heavy atom. The Morgan fingerprint density at radius 2 is 1.89 bits per heavy atom. The van der Waals surface area contributed by atoms with Crippen LogP contribution in [-0.2, 0) is 5.54 Å². The van der Waals surface area contributed by atoms with Crippen LogP contribution in [0, 0.1) is 0 Å². The molecule has 2 aromatic carbocycles. The number of ether oxygens (including phenoxy) is 1. The molecule has 0 aliphatic heterocycles. The minimum absolute atomic E-state index is 0.0221. The van der Waals surface area contributed by atoms with Crippen molar-refractivity contribution in [3.63, 3.8) is 0 Å². The average Bonchev–Trinajstić information content (AvgIpc) is 3.00. The predicted molar refractivity (Wildman–Crippen MR) is 110 cm³/mol. The van der Waals surface area contributed by atoms with Crippen LogP contribution in [-0.4, -0.2) is 34.0 Å². The number of primary amides is 1. The van der Waals surface area contributed by atoms with Crippen LogP contribution in [0.25, 0.3) is 22.0 Å². The van der Waals surface area contributed by atoms with Crippen LogP contribution < -0.4 is 16.2 Å². The zero-order valence-corrected chi connectivity index (χ0v) is 16.4. The molecule has 148 valence electrons. The molecule has 0 spiro atoms. The first-order chi connectivity index (χ1) is 13.3. The summed E-state index contributed by atoms with van der Waals surface area (Å²) in [5.41, 5.74) is 12.6. The number of nitrogens with zero attached hydrogens (tertiary/aromatic N) is 2. The highest BCUT2D eigenvalue weighted by Gasteiger charge is 2.29. The number of carbonyl (C=O) groups excluding carboxylic acids is 1. The van der Waals surface area contributed by atoms with Crippen molar-refractivity contribution in [3.05, 3.63) is 42.0 Å². The molecule has 1 aromatic heterocycles. The molecule has 3 rings (SSSR count). The largest absolute Gasteiger partial charge is 0.494 e. The van der Waals surface area contributed by atoms with E-state index in [1.807, 2.05) is 57.2 Å². The van der Waals surface area contributed by atoms with Gasteiger partial charge in [0.25, 0.3) is 5.91 Å². The van der Waals surface area contributed by atoms with E-state index < -0.39 is 11.4 Å². The van der Waals surface area contributed by atoms with Gasteiger partial charge in [0.05, 0.1) is 12.1 Å². The maximum atomic E-state index is 12.1. The van der Waals surface area contributed by atoms with E-state index in [0.29, 0.717) is 18.7 Å². The van der Waals surface area contributed by atoms with Crippen LogP contribution >= 0.6 is 0 Å². The number of aromatic nitrogens is 2. The highest BCUT2D eigenvalue weighted by Crippen LogP contribution is 2.34. The lowest BCUT2D eigenvalue weighted by Gasteiger charge is -2.25. The molecule has 1 amide bonds. The van der Waals surface area contributed by atoms with Gasteiger partial charge in [-0.2, -0.15) is 5.10 Å². The van der Waals surface area contributed by atoms with Crippen LogP contribution in [0.3, 0.4) is 0 Å². The maximum Gasteiger partial charge on any atom is 0.254 e. The number of benzene rings is 2. The van der Waals surface area contributed by atoms with E-state index in [1.165, 1.54) is 0 Å². The predicted octanol–water partition coefficient (Wildman–Crippen LogP) is 2.90. The number of nitrogen functional groups attached to an aromatic ring is 1. The number of aliphatic hydroxyl groups is 1. The first kappa shape index (κ1) is 19.7. The van der Waals surface area contributed by atoms with Crippen molar-refractivity contribution in [1.29, 1.82) is 0 Å². The first-order valence-corrected chi connectivity index (χ1v) is 9.25.